The largest absolute Gasteiger partial charge is 0.388 e. The summed E-state index contributed by atoms with van der Waals surface area (Å²) in [5, 5.41) is 18.7. The van der Waals surface area contributed by atoms with E-state index in [9.17, 15) is 14.7 Å². The van der Waals surface area contributed by atoms with Crippen LogP contribution in [0.4, 0.5) is 0 Å². The van der Waals surface area contributed by atoms with Crippen LogP contribution in [0.15, 0.2) is 21.9 Å². The smallest absolute Gasteiger partial charge is 0.330 e. The zero-order valence-corrected chi connectivity index (χ0v) is 13.8. The van der Waals surface area contributed by atoms with Crippen molar-refractivity contribution in [1.29, 1.82) is 5.26 Å². The van der Waals surface area contributed by atoms with Crippen molar-refractivity contribution in [2.45, 2.75) is 44.3 Å². The van der Waals surface area contributed by atoms with Crippen LogP contribution in [-0.2, 0) is 18.9 Å². The Morgan fingerprint density at radius 3 is 2.88 bits per heavy atom. The van der Waals surface area contributed by atoms with Crippen LogP contribution >= 0.6 is 0 Å². The molecule has 1 aliphatic rings. The minimum absolute atomic E-state index is 0.0637. The minimum atomic E-state index is -0.961. The van der Waals surface area contributed by atoms with Gasteiger partial charge in [-0.1, -0.05) is 6.92 Å². The summed E-state index contributed by atoms with van der Waals surface area (Å²) < 4.78 is 22.5. The zero-order chi connectivity index (χ0) is 18.2. The van der Waals surface area contributed by atoms with Gasteiger partial charge < -0.3 is 24.1 Å². The third kappa shape index (κ3) is 4.97. The van der Waals surface area contributed by atoms with Gasteiger partial charge in [0.05, 0.1) is 25.2 Å². The molecule has 0 radical (unpaired) electrons. The van der Waals surface area contributed by atoms with Gasteiger partial charge in [0.15, 0.2) is 6.23 Å². The molecule has 1 fully saturated rings. The van der Waals surface area contributed by atoms with Gasteiger partial charge in [-0.05, 0) is 6.42 Å². The van der Waals surface area contributed by atoms with E-state index in [0.29, 0.717) is 6.42 Å². The molecule has 0 amide bonds. The number of rotatable bonds is 9. The number of ether oxygens (including phenoxy) is 4. The Kier molecular flexibility index (Phi) is 7.30. The van der Waals surface area contributed by atoms with Crippen molar-refractivity contribution in [2.24, 2.45) is 0 Å². The fourth-order valence-corrected chi connectivity index (χ4v) is 2.48. The van der Waals surface area contributed by atoms with Crippen molar-refractivity contribution in [3.05, 3.63) is 33.1 Å². The van der Waals surface area contributed by atoms with E-state index in [1.165, 1.54) is 12.3 Å². The Hall–Kier alpha value is -2.03. The molecule has 10 heteroatoms. The summed E-state index contributed by atoms with van der Waals surface area (Å²) in [7, 11) is 0. The lowest BCUT2D eigenvalue weighted by Crippen LogP contribution is -2.39. The van der Waals surface area contributed by atoms with Crippen molar-refractivity contribution in [3.63, 3.8) is 0 Å². The molecule has 1 aliphatic heterocycles. The highest BCUT2D eigenvalue weighted by Gasteiger charge is 2.45. The van der Waals surface area contributed by atoms with Gasteiger partial charge in [0.25, 0.3) is 5.56 Å². The molecule has 2 N–H and O–H groups in total. The molecule has 1 aromatic rings. The van der Waals surface area contributed by atoms with E-state index in [1.807, 2.05) is 13.0 Å². The Balaban J connectivity index is 1.98. The van der Waals surface area contributed by atoms with E-state index in [4.69, 9.17) is 24.2 Å². The fourth-order valence-electron chi connectivity index (χ4n) is 2.48. The molecule has 10 nitrogen and oxygen atoms in total. The highest BCUT2D eigenvalue weighted by Crippen LogP contribution is 2.32. The van der Waals surface area contributed by atoms with Gasteiger partial charge in [-0.25, -0.2) is 4.79 Å². The number of H-pyrrole nitrogens is 1. The second-order valence-corrected chi connectivity index (χ2v) is 5.37. The highest BCUT2D eigenvalue weighted by molar-refractivity contribution is 4.93. The average molecular weight is 355 g/mol. The average Bonchev–Trinajstić information content (AvgIpc) is 2.90. The normalized spacial score (nSPS) is 25.8. The van der Waals surface area contributed by atoms with Gasteiger partial charge in [-0.15, -0.1) is 0 Å². The van der Waals surface area contributed by atoms with Crippen molar-refractivity contribution < 1.29 is 24.1 Å². The van der Waals surface area contributed by atoms with Gasteiger partial charge in [0.2, 0.25) is 0 Å². The number of hydrogen-bond donors (Lipinski definition) is 2. The van der Waals surface area contributed by atoms with E-state index >= 15 is 0 Å². The van der Waals surface area contributed by atoms with E-state index in [1.54, 1.807) is 0 Å². The second kappa shape index (κ2) is 9.45. The number of aromatic nitrogens is 2. The number of nitriles is 1. The molecule has 0 spiro atoms. The van der Waals surface area contributed by atoms with Crippen LogP contribution in [0.5, 0.6) is 0 Å². The van der Waals surface area contributed by atoms with Crippen molar-refractivity contribution >= 4 is 0 Å². The standard InChI is InChI=1S/C15H21N3O7/c1-2-10-12(20)13(24-9-23-8-22-7-3-5-16)14(25-10)18-6-4-11(19)17-15(18)21/h4,6,10,12-14,20H,2-3,7-9H2,1H3,(H,17,19,21)/t10-,12?,13+,14-/m1/s1. The quantitative estimate of drug-likeness (QED) is 0.445. The van der Waals surface area contributed by atoms with Gasteiger partial charge in [0, 0.05) is 12.3 Å². The van der Waals surface area contributed by atoms with Crippen LogP contribution in [0.3, 0.4) is 0 Å². The molecule has 1 saturated heterocycles. The molecule has 0 aliphatic carbocycles. The molecule has 2 heterocycles. The maximum Gasteiger partial charge on any atom is 0.330 e. The van der Waals surface area contributed by atoms with Crippen LogP contribution in [-0.4, -0.2) is 53.2 Å². The summed E-state index contributed by atoms with van der Waals surface area (Å²) in [5.74, 6) is 0. The molecule has 25 heavy (non-hydrogen) atoms. The summed E-state index contributed by atoms with van der Waals surface area (Å²) in [5.41, 5.74) is -1.18. The number of aromatic amines is 1. The van der Waals surface area contributed by atoms with Gasteiger partial charge in [-0.2, -0.15) is 5.26 Å². The van der Waals surface area contributed by atoms with Crippen LogP contribution in [0.25, 0.3) is 0 Å². The third-order valence-corrected chi connectivity index (χ3v) is 3.71. The van der Waals surface area contributed by atoms with Gasteiger partial charge in [0.1, 0.15) is 25.8 Å². The monoisotopic (exact) mass is 355 g/mol. The Bertz CT molecular complexity index is 695. The molecular formula is C15H21N3O7. The van der Waals surface area contributed by atoms with Crippen molar-refractivity contribution in [1.82, 2.24) is 9.55 Å². The Morgan fingerprint density at radius 2 is 2.20 bits per heavy atom. The number of aliphatic hydroxyl groups excluding tert-OH is 1. The molecule has 138 valence electrons. The zero-order valence-electron chi connectivity index (χ0n) is 13.8. The number of aliphatic hydroxyl groups is 1. The molecule has 1 aromatic heterocycles. The predicted molar refractivity (Wildman–Crippen MR) is 83.4 cm³/mol. The predicted octanol–water partition coefficient (Wildman–Crippen LogP) is -0.548. The first-order valence-electron chi connectivity index (χ1n) is 7.87. The third-order valence-electron chi connectivity index (χ3n) is 3.71. The molecule has 0 saturated carbocycles. The number of nitrogens with zero attached hydrogens (tertiary/aromatic N) is 2. The first kappa shape index (κ1) is 19.3. The lowest BCUT2D eigenvalue weighted by atomic mass is 10.1. The molecular weight excluding hydrogens is 334 g/mol. The van der Waals surface area contributed by atoms with Gasteiger partial charge >= 0.3 is 5.69 Å². The van der Waals surface area contributed by atoms with Gasteiger partial charge in [-0.3, -0.25) is 14.3 Å². The first-order chi connectivity index (χ1) is 12.1. The maximum atomic E-state index is 12.0. The van der Waals surface area contributed by atoms with Crippen LogP contribution in [0.2, 0.25) is 0 Å². The summed E-state index contributed by atoms with van der Waals surface area (Å²) in [4.78, 5) is 25.3. The lowest BCUT2D eigenvalue weighted by Gasteiger charge is -2.22. The topological polar surface area (TPSA) is 136 Å². The van der Waals surface area contributed by atoms with E-state index in [-0.39, 0.29) is 26.6 Å². The number of nitrogens with one attached hydrogen (secondary N) is 1. The molecule has 4 atom stereocenters. The highest BCUT2D eigenvalue weighted by atomic mass is 16.7. The minimum Gasteiger partial charge on any atom is -0.388 e. The van der Waals surface area contributed by atoms with Crippen LogP contribution in [0, 0.1) is 11.3 Å². The van der Waals surface area contributed by atoms with Crippen LogP contribution in [0.1, 0.15) is 26.0 Å². The lowest BCUT2D eigenvalue weighted by molar-refractivity contribution is -0.175. The summed E-state index contributed by atoms with van der Waals surface area (Å²) in [6.07, 6.45) is -1.15. The molecule has 1 unspecified atom stereocenters. The Morgan fingerprint density at radius 1 is 1.40 bits per heavy atom. The van der Waals surface area contributed by atoms with E-state index < -0.39 is 35.8 Å². The maximum absolute atomic E-state index is 12.0. The summed E-state index contributed by atoms with van der Waals surface area (Å²) in [6.45, 7) is 1.83. The van der Waals surface area contributed by atoms with E-state index in [2.05, 4.69) is 4.98 Å². The van der Waals surface area contributed by atoms with E-state index in [0.717, 1.165) is 4.57 Å². The molecule has 0 bridgehead atoms. The molecule has 2 rings (SSSR count). The Labute approximate surface area is 143 Å². The van der Waals surface area contributed by atoms with Crippen LogP contribution < -0.4 is 11.2 Å². The summed E-state index contributed by atoms with van der Waals surface area (Å²) >= 11 is 0. The fraction of sp³-hybridized carbons (Fsp3) is 0.667. The molecule has 0 aromatic carbocycles. The van der Waals surface area contributed by atoms with Crippen molar-refractivity contribution in [2.75, 3.05) is 20.2 Å². The second-order valence-electron chi connectivity index (χ2n) is 5.37. The van der Waals surface area contributed by atoms with Crippen molar-refractivity contribution in [3.8, 4) is 6.07 Å². The number of hydrogen-bond acceptors (Lipinski definition) is 8. The summed E-state index contributed by atoms with van der Waals surface area (Å²) in [6, 6.07) is 3.12. The first-order valence-corrected chi connectivity index (χ1v) is 7.87. The SMILES string of the molecule is CC[C@H]1O[C@@H](n2ccc(=O)[nH]c2=O)[C@@H](OCOCOCCC#N)C1O.